The number of rotatable bonds is 7. The molecule has 7 heteroatoms. The van der Waals surface area contributed by atoms with E-state index in [9.17, 15) is 14.0 Å². The molecule has 0 aliphatic carbocycles. The quantitative estimate of drug-likeness (QED) is 0.585. The smallest absolute Gasteiger partial charge is 0.411 e. The lowest BCUT2D eigenvalue weighted by molar-refractivity contribution is 0.0687. The SMILES string of the molecule is [CH2+]C(C)(C)OC(=O)NC/C=C(\F)CSc1ccccc1C(=O)O. The molecule has 2 N–H and O–H groups in total. The van der Waals surface area contributed by atoms with Gasteiger partial charge in [-0.05, 0) is 18.2 Å². The van der Waals surface area contributed by atoms with Gasteiger partial charge in [-0.2, -0.15) is 0 Å². The van der Waals surface area contributed by atoms with Crippen LogP contribution >= 0.6 is 11.8 Å². The van der Waals surface area contributed by atoms with Crippen LogP contribution in [0, 0.1) is 6.92 Å². The molecule has 0 aromatic heterocycles. The fourth-order valence-corrected chi connectivity index (χ4v) is 2.40. The molecule has 0 heterocycles. The molecule has 5 nitrogen and oxygen atoms in total. The molecular weight excluding hydrogens is 321 g/mol. The van der Waals surface area contributed by atoms with Gasteiger partial charge in [-0.1, -0.05) is 12.1 Å². The molecule has 0 spiro atoms. The molecule has 0 saturated heterocycles. The lowest BCUT2D eigenvalue weighted by Gasteiger charge is -2.12. The van der Waals surface area contributed by atoms with Gasteiger partial charge in [0.25, 0.3) is 0 Å². The van der Waals surface area contributed by atoms with E-state index in [1.54, 1.807) is 32.0 Å². The normalized spacial score (nSPS) is 11.9. The number of thioether (sulfide) groups is 1. The van der Waals surface area contributed by atoms with Gasteiger partial charge in [-0.3, -0.25) is 0 Å². The van der Waals surface area contributed by atoms with Crippen LogP contribution in [0.2, 0.25) is 0 Å². The summed E-state index contributed by atoms with van der Waals surface area (Å²) in [5.74, 6) is -1.55. The van der Waals surface area contributed by atoms with Crippen molar-refractivity contribution < 1.29 is 23.8 Å². The zero-order valence-corrected chi connectivity index (χ0v) is 13.8. The number of halogens is 1. The first-order chi connectivity index (χ1) is 10.7. The van der Waals surface area contributed by atoms with Crippen molar-refractivity contribution in [3.05, 3.63) is 48.7 Å². The maximum absolute atomic E-state index is 13.7. The van der Waals surface area contributed by atoms with E-state index >= 15 is 0 Å². The van der Waals surface area contributed by atoms with Gasteiger partial charge in [0, 0.05) is 31.0 Å². The van der Waals surface area contributed by atoms with Crippen molar-refractivity contribution in [1.29, 1.82) is 0 Å². The third-order valence-corrected chi connectivity index (χ3v) is 3.51. The number of carbonyl (C=O) groups excluding carboxylic acids is 1. The Hall–Kier alpha value is -2.15. The summed E-state index contributed by atoms with van der Waals surface area (Å²) in [6.07, 6.45) is 0.520. The monoisotopic (exact) mass is 340 g/mol. The van der Waals surface area contributed by atoms with E-state index in [1.807, 2.05) is 0 Å². The van der Waals surface area contributed by atoms with Crippen molar-refractivity contribution in [2.45, 2.75) is 24.3 Å². The van der Waals surface area contributed by atoms with Crippen LogP contribution in [0.15, 0.2) is 41.1 Å². The highest BCUT2D eigenvalue weighted by Crippen LogP contribution is 2.24. The fourth-order valence-electron chi connectivity index (χ4n) is 1.51. The van der Waals surface area contributed by atoms with Crippen molar-refractivity contribution >= 4 is 23.8 Å². The molecule has 0 fully saturated rings. The Kier molecular flexibility index (Phi) is 6.96. The summed E-state index contributed by atoms with van der Waals surface area (Å²) in [4.78, 5) is 22.9. The molecule has 23 heavy (non-hydrogen) atoms. The first kappa shape index (κ1) is 18.9. The van der Waals surface area contributed by atoms with E-state index in [-0.39, 0.29) is 17.9 Å². The van der Waals surface area contributed by atoms with Crippen molar-refractivity contribution in [1.82, 2.24) is 5.32 Å². The first-order valence-electron chi connectivity index (χ1n) is 6.81. The molecule has 0 bridgehead atoms. The predicted octanol–water partition coefficient (Wildman–Crippen LogP) is 3.67. The molecule has 0 unspecified atom stereocenters. The van der Waals surface area contributed by atoms with Crippen LogP contribution in [0.3, 0.4) is 0 Å². The van der Waals surface area contributed by atoms with Gasteiger partial charge < -0.3 is 15.2 Å². The van der Waals surface area contributed by atoms with Crippen molar-refractivity contribution in [2.75, 3.05) is 12.3 Å². The third kappa shape index (κ3) is 7.60. The summed E-state index contributed by atoms with van der Waals surface area (Å²) < 4.78 is 18.6. The fraction of sp³-hybridized carbons (Fsp3) is 0.312. The van der Waals surface area contributed by atoms with Crippen LogP contribution in [0.1, 0.15) is 24.2 Å². The minimum Gasteiger partial charge on any atom is -0.478 e. The lowest BCUT2D eigenvalue weighted by atomic mass is 10.2. The van der Waals surface area contributed by atoms with Gasteiger partial charge in [-0.15, -0.1) is 11.8 Å². The Morgan fingerprint density at radius 1 is 1.43 bits per heavy atom. The molecular formula is C16H19FNO4S+. The topological polar surface area (TPSA) is 75.6 Å². The average Bonchev–Trinajstić information content (AvgIpc) is 2.43. The Labute approximate surface area is 138 Å². The Balaban J connectivity index is 2.46. The van der Waals surface area contributed by atoms with Gasteiger partial charge in [-0.25, -0.2) is 14.0 Å². The minimum absolute atomic E-state index is 0.0259. The second kappa shape index (κ2) is 8.47. The van der Waals surface area contributed by atoms with Crippen LogP contribution in [0.25, 0.3) is 0 Å². The van der Waals surface area contributed by atoms with Crippen molar-refractivity contribution in [2.24, 2.45) is 0 Å². The largest absolute Gasteiger partial charge is 0.478 e. The van der Waals surface area contributed by atoms with E-state index < -0.39 is 23.5 Å². The molecule has 0 aliphatic rings. The molecule has 1 rings (SSSR count). The molecule has 0 atom stereocenters. The zero-order valence-electron chi connectivity index (χ0n) is 13.0. The van der Waals surface area contributed by atoms with Crippen LogP contribution in [-0.4, -0.2) is 35.1 Å². The van der Waals surface area contributed by atoms with Gasteiger partial charge in [0.05, 0.1) is 5.56 Å². The molecule has 0 radical (unpaired) electrons. The highest BCUT2D eigenvalue weighted by atomic mass is 32.2. The number of carbonyl (C=O) groups is 2. The van der Waals surface area contributed by atoms with Gasteiger partial charge >= 0.3 is 12.1 Å². The maximum atomic E-state index is 13.7. The number of hydrogen-bond acceptors (Lipinski definition) is 4. The summed E-state index contributed by atoms with van der Waals surface area (Å²) in [6, 6.07) is 6.38. The second-order valence-electron chi connectivity index (χ2n) is 5.27. The predicted molar refractivity (Wildman–Crippen MR) is 87.2 cm³/mol. The first-order valence-corrected chi connectivity index (χ1v) is 7.79. The third-order valence-electron chi connectivity index (χ3n) is 2.42. The van der Waals surface area contributed by atoms with Crippen molar-refractivity contribution in [3.8, 4) is 0 Å². The molecule has 0 saturated carbocycles. The number of benzene rings is 1. The van der Waals surface area contributed by atoms with Crippen LogP contribution in [0.5, 0.6) is 0 Å². The molecule has 1 aromatic carbocycles. The van der Waals surface area contributed by atoms with Crippen LogP contribution in [-0.2, 0) is 4.74 Å². The molecule has 0 aliphatic heterocycles. The number of nitrogens with one attached hydrogen (secondary N) is 1. The summed E-state index contributed by atoms with van der Waals surface area (Å²) in [5, 5.41) is 11.4. The zero-order chi connectivity index (χ0) is 17.5. The van der Waals surface area contributed by atoms with E-state index in [4.69, 9.17) is 9.84 Å². The van der Waals surface area contributed by atoms with E-state index in [2.05, 4.69) is 12.2 Å². The molecule has 1 amide bonds. The summed E-state index contributed by atoms with van der Waals surface area (Å²) in [5.41, 5.74) is -0.729. The number of aromatic carboxylic acids is 1. The van der Waals surface area contributed by atoms with Crippen LogP contribution < -0.4 is 5.32 Å². The Morgan fingerprint density at radius 3 is 2.70 bits per heavy atom. The lowest BCUT2D eigenvalue weighted by Crippen LogP contribution is -2.32. The summed E-state index contributed by atoms with van der Waals surface area (Å²) in [6.45, 7) is 6.84. The number of alkyl carbamates (subject to hydrolysis) is 1. The summed E-state index contributed by atoms with van der Waals surface area (Å²) in [7, 11) is 0. The molecule has 124 valence electrons. The average molecular weight is 340 g/mol. The van der Waals surface area contributed by atoms with E-state index in [0.717, 1.165) is 11.8 Å². The number of carboxylic acids is 1. The van der Waals surface area contributed by atoms with Gasteiger partial charge in [0.15, 0.2) is 0 Å². The Bertz CT molecular complexity index is 596. The maximum Gasteiger partial charge on any atom is 0.411 e. The number of carboxylic acid groups (broad SMARTS) is 1. The number of hydrogen-bond donors (Lipinski definition) is 2. The van der Waals surface area contributed by atoms with Gasteiger partial charge in [0.1, 0.15) is 12.8 Å². The van der Waals surface area contributed by atoms with Crippen molar-refractivity contribution in [3.63, 3.8) is 0 Å². The second-order valence-corrected chi connectivity index (χ2v) is 6.29. The van der Waals surface area contributed by atoms with E-state index in [0.29, 0.717) is 4.90 Å². The summed E-state index contributed by atoms with van der Waals surface area (Å²) >= 11 is 1.07. The van der Waals surface area contributed by atoms with E-state index in [1.165, 1.54) is 12.1 Å². The number of ether oxygens (including phenoxy) is 1. The van der Waals surface area contributed by atoms with Gasteiger partial charge in [0.2, 0.25) is 5.60 Å². The molecule has 1 aromatic rings. The van der Waals surface area contributed by atoms with Crippen LogP contribution in [0.4, 0.5) is 9.18 Å². The Morgan fingerprint density at radius 2 is 2.09 bits per heavy atom. The highest BCUT2D eigenvalue weighted by Gasteiger charge is 2.22. The standard InChI is InChI=1S/C16H18FNO4S/c1-16(2,3)22-15(21)18-9-8-11(17)10-23-13-7-5-4-6-12(13)14(19)20/h4-8H,1,9-10H2,2-3H3,(H-,18,19,20,21)/p+1/b11-8-. The minimum atomic E-state index is -1.06. The highest BCUT2D eigenvalue weighted by molar-refractivity contribution is 7.99. The number of amides is 1.